The number of benzene rings is 4. The van der Waals surface area contributed by atoms with Crippen LogP contribution in [-0.2, 0) is 0 Å². The molecule has 0 fully saturated rings. The summed E-state index contributed by atoms with van der Waals surface area (Å²) in [5, 5.41) is 3.51. The van der Waals surface area contributed by atoms with Gasteiger partial charge in [0.2, 0.25) is 0 Å². The Hall–Kier alpha value is -3.84. The molecular formula is C28H19N. The van der Waals surface area contributed by atoms with Gasteiger partial charge in [0.05, 0.1) is 0 Å². The minimum atomic E-state index is 1.24. The van der Waals surface area contributed by atoms with E-state index in [4.69, 9.17) is 0 Å². The van der Waals surface area contributed by atoms with Crippen LogP contribution >= 0.6 is 0 Å². The predicted molar refractivity (Wildman–Crippen MR) is 121 cm³/mol. The zero-order valence-electron chi connectivity index (χ0n) is 15.9. The molecule has 4 aromatic carbocycles. The first kappa shape index (κ1) is 16.1. The van der Waals surface area contributed by atoms with E-state index in [1.165, 1.54) is 55.7 Å². The summed E-state index contributed by atoms with van der Waals surface area (Å²) in [5.74, 6) is 0. The van der Waals surface area contributed by atoms with Crippen molar-refractivity contribution in [3.8, 4) is 22.3 Å². The summed E-state index contributed by atoms with van der Waals surface area (Å²) in [6.45, 7) is 0. The molecule has 0 aromatic heterocycles. The van der Waals surface area contributed by atoms with Gasteiger partial charge in [0.15, 0.2) is 0 Å². The normalized spacial score (nSPS) is 12.7. The van der Waals surface area contributed by atoms with Crippen molar-refractivity contribution in [3.05, 3.63) is 132 Å². The van der Waals surface area contributed by atoms with Crippen LogP contribution < -0.4 is 5.32 Å². The highest BCUT2D eigenvalue weighted by Crippen LogP contribution is 2.45. The Labute approximate surface area is 170 Å². The Kier molecular flexibility index (Phi) is 3.54. The fourth-order valence-electron chi connectivity index (χ4n) is 4.62. The molecule has 1 N–H and O–H groups in total. The lowest BCUT2D eigenvalue weighted by Gasteiger charge is -2.05. The monoisotopic (exact) mass is 369 g/mol. The summed E-state index contributed by atoms with van der Waals surface area (Å²) in [7, 11) is 0. The fourth-order valence-corrected chi connectivity index (χ4v) is 4.62. The SMILES string of the molecule is C(NC=C1c2ccccc2-c2ccccc21)=C1c2ccccc2-c2ccccc21. The zero-order valence-corrected chi connectivity index (χ0v) is 15.9. The summed E-state index contributed by atoms with van der Waals surface area (Å²) in [5.41, 5.74) is 12.8. The predicted octanol–water partition coefficient (Wildman–Crippen LogP) is 6.72. The molecule has 0 atom stereocenters. The number of hydrogen-bond acceptors (Lipinski definition) is 1. The highest BCUT2D eigenvalue weighted by atomic mass is 14.8. The maximum atomic E-state index is 3.51. The molecule has 0 saturated heterocycles. The van der Waals surface area contributed by atoms with Gasteiger partial charge in [-0.25, -0.2) is 0 Å². The first-order valence-electron chi connectivity index (χ1n) is 9.96. The number of nitrogens with one attached hydrogen (secondary N) is 1. The van der Waals surface area contributed by atoms with E-state index in [0.717, 1.165) is 0 Å². The molecule has 29 heavy (non-hydrogen) atoms. The molecule has 0 heterocycles. The molecule has 4 aromatic rings. The maximum Gasteiger partial charge on any atom is 0.00903 e. The van der Waals surface area contributed by atoms with Crippen molar-refractivity contribution >= 4 is 11.1 Å². The smallest absolute Gasteiger partial charge is 0.00903 e. The molecule has 1 nitrogen and oxygen atoms in total. The Morgan fingerprint density at radius 2 is 0.586 bits per heavy atom. The Bertz CT molecular complexity index is 1130. The molecule has 0 amide bonds. The van der Waals surface area contributed by atoms with Crippen LogP contribution in [0.3, 0.4) is 0 Å². The molecule has 1 heteroatoms. The van der Waals surface area contributed by atoms with E-state index in [2.05, 4.69) is 115 Å². The maximum absolute atomic E-state index is 3.51. The largest absolute Gasteiger partial charge is 0.366 e. The van der Waals surface area contributed by atoms with E-state index in [1.807, 2.05) is 0 Å². The van der Waals surface area contributed by atoms with Crippen molar-refractivity contribution in [2.75, 3.05) is 0 Å². The van der Waals surface area contributed by atoms with Gasteiger partial charge in [0.25, 0.3) is 0 Å². The van der Waals surface area contributed by atoms with Gasteiger partial charge in [-0.3, -0.25) is 0 Å². The fraction of sp³-hybridized carbons (Fsp3) is 0. The summed E-state index contributed by atoms with van der Waals surface area (Å²) in [6.07, 6.45) is 4.28. The van der Waals surface area contributed by atoms with Crippen LogP contribution in [0.4, 0.5) is 0 Å². The van der Waals surface area contributed by atoms with Crippen LogP contribution in [0.25, 0.3) is 33.4 Å². The average Bonchev–Trinajstić information content (AvgIpc) is 3.28. The van der Waals surface area contributed by atoms with Crippen molar-refractivity contribution in [3.63, 3.8) is 0 Å². The van der Waals surface area contributed by atoms with Crippen LogP contribution in [0, 0.1) is 0 Å². The van der Waals surface area contributed by atoms with Gasteiger partial charge in [-0.1, -0.05) is 97.1 Å². The van der Waals surface area contributed by atoms with E-state index >= 15 is 0 Å². The van der Waals surface area contributed by atoms with Gasteiger partial charge in [-0.2, -0.15) is 0 Å². The Balaban J connectivity index is 1.44. The van der Waals surface area contributed by atoms with Gasteiger partial charge >= 0.3 is 0 Å². The standard InChI is InChI=1S/C28H19N/c1-5-13-23-19(9-1)20-10-2-6-14-24(20)27(23)17-29-18-28-25-15-7-3-11-21(25)22-12-4-8-16-26(22)28/h1-18,29H. The molecule has 0 radical (unpaired) electrons. The molecule has 136 valence electrons. The molecule has 6 rings (SSSR count). The quantitative estimate of drug-likeness (QED) is 0.357. The molecule has 2 aliphatic carbocycles. The van der Waals surface area contributed by atoms with Gasteiger partial charge < -0.3 is 5.32 Å². The first-order chi connectivity index (χ1) is 14.4. The second kappa shape index (κ2) is 6.35. The Morgan fingerprint density at radius 1 is 0.345 bits per heavy atom. The van der Waals surface area contributed by atoms with Gasteiger partial charge in [-0.05, 0) is 44.5 Å². The lowest BCUT2D eigenvalue weighted by Crippen LogP contribution is -1.98. The molecule has 0 aliphatic heterocycles. The molecule has 2 aliphatic rings. The van der Waals surface area contributed by atoms with E-state index < -0.39 is 0 Å². The van der Waals surface area contributed by atoms with Crippen LogP contribution in [0.2, 0.25) is 0 Å². The average molecular weight is 369 g/mol. The minimum Gasteiger partial charge on any atom is -0.366 e. The highest BCUT2D eigenvalue weighted by Gasteiger charge is 2.23. The van der Waals surface area contributed by atoms with Crippen molar-refractivity contribution in [1.82, 2.24) is 5.32 Å². The number of rotatable bonds is 2. The lowest BCUT2D eigenvalue weighted by atomic mass is 10.0. The summed E-state index contributed by atoms with van der Waals surface area (Å²) >= 11 is 0. The molecule has 0 unspecified atom stereocenters. The minimum absolute atomic E-state index is 1.24. The first-order valence-corrected chi connectivity index (χ1v) is 9.96. The molecule has 0 spiro atoms. The third kappa shape index (κ3) is 2.41. The van der Waals surface area contributed by atoms with E-state index in [0.29, 0.717) is 0 Å². The van der Waals surface area contributed by atoms with Crippen LogP contribution in [0.5, 0.6) is 0 Å². The lowest BCUT2D eigenvalue weighted by molar-refractivity contribution is 1.20. The van der Waals surface area contributed by atoms with Gasteiger partial charge in [0.1, 0.15) is 0 Å². The summed E-state index contributed by atoms with van der Waals surface area (Å²) < 4.78 is 0. The van der Waals surface area contributed by atoms with E-state index in [-0.39, 0.29) is 0 Å². The van der Waals surface area contributed by atoms with Gasteiger partial charge in [0, 0.05) is 23.5 Å². The van der Waals surface area contributed by atoms with Crippen molar-refractivity contribution < 1.29 is 0 Å². The highest BCUT2D eigenvalue weighted by molar-refractivity contribution is 6.02. The molecular weight excluding hydrogens is 350 g/mol. The second-order valence-electron chi connectivity index (χ2n) is 7.47. The van der Waals surface area contributed by atoms with E-state index in [9.17, 15) is 0 Å². The zero-order chi connectivity index (χ0) is 19.2. The van der Waals surface area contributed by atoms with Crippen LogP contribution in [0.1, 0.15) is 22.3 Å². The summed E-state index contributed by atoms with van der Waals surface area (Å²) in [4.78, 5) is 0. The van der Waals surface area contributed by atoms with Crippen LogP contribution in [0.15, 0.2) is 109 Å². The topological polar surface area (TPSA) is 12.0 Å². The van der Waals surface area contributed by atoms with Crippen molar-refractivity contribution in [2.24, 2.45) is 0 Å². The van der Waals surface area contributed by atoms with Crippen molar-refractivity contribution in [2.45, 2.75) is 0 Å². The van der Waals surface area contributed by atoms with Crippen molar-refractivity contribution in [1.29, 1.82) is 0 Å². The third-order valence-corrected chi connectivity index (χ3v) is 5.90. The van der Waals surface area contributed by atoms with E-state index in [1.54, 1.807) is 0 Å². The second-order valence-corrected chi connectivity index (χ2v) is 7.47. The Morgan fingerprint density at radius 3 is 0.862 bits per heavy atom. The molecule has 0 saturated carbocycles. The van der Waals surface area contributed by atoms with Gasteiger partial charge in [-0.15, -0.1) is 0 Å². The third-order valence-electron chi connectivity index (χ3n) is 5.90. The number of hydrogen-bond donors (Lipinski definition) is 1. The van der Waals surface area contributed by atoms with Crippen LogP contribution in [-0.4, -0.2) is 0 Å². The molecule has 0 bridgehead atoms. The summed E-state index contributed by atoms with van der Waals surface area (Å²) in [6, 6.07) is 34.5. The number of fused-ring (bicyclic) bond motifs is 6.